The molecule has 0 aliphatic carbocycles. The van der Waals surface area contributed by atoms with Crippen LogP contribution in [0, 0.1) is 13.8 Å². The molecule has 2 heterocycles. The summed E-state index contributed by atoms with van der Waals surface area (Å²) in [5.74, 6) is -0.0367. The van der Waals surface area contributed by atoms with E-state index in [1.54, 1.807) is 6.07 Å². The highest BCUT2D eigenvalue weighted by Gasteiger charge is 2.27. The van der Waals surface area contributed by atoms with Gasteiger partial charge < -0.3 is 15.1 Å². The van der Waals surface area contributed by atoms with Crippen LogP contribution in [0.2, 0.25) is 10.0 Å². The van der Waals surface area contributed by atoms with Gasteiger partial charge in [0.1, 0.15) is 4.88 Å². The Balaban J connectivity index is 1.42. The van der Waals surface area contributed by atoms with E-state index in [9.17, 15) is 4.79 Å². The number of benzene rings is 2. The largest absolute Gasteiger partial charge is 0.345 e. The van der Waals surface area contributed by atoms with Crippen LogP contribution in [0.25, 0.3) is 10.1 Å². The van der Waals surface area contributed by atoms with Gasteiger partial charge in [-0.25, -0.2) is 0 Å². The predicted molar refractivity (Wildman–Crippen MR) is 131 cm³/mol. The van der Waals surface area contributed by atoms with Crippen molar-refractivity contribution >= 4 is 73.5 Å². The molecule has 2 aromatic carbocycles. The molecule has 4 rings (SSSR count). The molecule has 1 saturated heterocycles. The first-order valence-electron chi connectivity index (χ1n) is 9.63. The molecule has 0 saturated carbocycles. The lowest BCUT2D eigenvalue weighted by molar-refractivity contribution is 0.0698. The van der Waals surface area contributed by atoms with Gasteiger partial charge in [-0.05, 0) is 55.4 Å². The molecule has 1 N–H and O–H groups in total. The average molecular weight is 478 g/mol. The monoisotopic (exact) mass is 477 g/mol. The Morgan fingerprint density at radius 2 is 1.73 bits per heavy atom. The van der Waals surface area contributed by atoms with Crippen LogP contribution >= 0.6 is 46.8 Å². The van der Waals surface area contributed by atoms with E-state index in [1.165, 1.54) is 16.9 Å². The van der Waals surface area contributed by atoms with Gasteiger partial charge in [0.25, 0.3) is 5.91 Å². The van der Waals surface area contributed by atoms with Crippen molar-refractivity contribution in [3.63, 3.8) is 0 Å². The molecule has 0 bridgehead atoms. The predicted octanol–water partition coefficient (Wildman–Crippen LogP) is 5.98. The number of carbonyl (C=O) groups is 1. The summed E-state index contributed by atoms with van der Waals surface area (Å²) in [4.78, 5) is 17.6. The number of thiocarbonyl (C=S) groups is 1. The average Bonchev–Trinajstić information content (AvgIpc) is 3.06. The standard InChI is InChI=1S/C22H21Cl2N3OS2/c1-13-3-4-14(2)17(11-13)25-22(29)27-9-7-26(8-10-27)21(28)20-19(24)16-6-5-15(23)12-18(16)30-20/h3-6,11-12H,7-10H2,1-2H3,(H,25,29). The van der Waals surface area contributed by atoms with E-state index >= 15 is 0 Å². The molecule has 3 aromatic rings. The molecular weight excluding hydrogens is 457 g/mol. The maximum Gasteiger partial charge on any atom is 0.265 e. The summed E-state index contributed by atoms with van der Waals surface area (Å²) in [5, 5.41) is 6.05. The van der Waals surface area contributed by atoms with E-state index in [0.717, 1.165) is 21.3 Å². The Hall–Kier alpha value is -1.86. The van der Waals surface area contributed by atoms with Crippen molar-refractivity contribution in [3.05, 3.63) is 62.4 Å². The van der Waals surface area contributed by atoms with Gasteiger partial charge in [0.05, 0.1) is 5.02 Å². The first-order chi connectivity index (χ1) is 14.3. The maximum atomic E-state index is 13.1. The Labute approximate surface area is 195 Å². The molecule has 30 heavy (non-hydrogen) atoms. The number of hydrogen-bond acceptors (Lipinski definition) is 3. The molecule has 156 valence electrons. The van der Waals surface area contributed by atoms with Crippen molar-refractivity contribution in [2.24, 2.45) is 0 Å². The van der Waals surface area contributed by atoms with Gasteiger partial charge in [-0.1, -0.05) is 41.4 Å². The minimum Gasteiger partial charge on any atom is -0.345 e. The molecule has 1 aliphatic rings. The molecule has 0 radical (unpaired) electrons. The normalized spacial score (nSPS) is 14.3. The maximum absolute atomic E-state index is 13.1. The van der Waals surface area contributed by atoms with Gasteiger partial charge >= 0.3 is 0 Å². The van der Waals surface area contributed by atoms with E-state index in [0.29, 0.717) is 46.2 Å². The minimum absolute atomic E-state index is 0.0367. The number of hydrogen-bond donors (Lipinski definition) is 1. The van der Waals surface area contributed by atoms with Crippen LogP contribution in [0.3, 0.4) is 0 Å². The van der Waals surface area contributed by atoms with Crippen LogP contribution in [-0.4, -0.2) is 47.0 Å². The molecule has 1 aliphatic heterocycles. The van der Waals surface area contributed by atoms with Crippen molar-refractivity contribution < 1.29 is 4.79 Å². The molecule has 0 unspecified atom stereocenters. The second kappa shape index (κ2) is 8.71. The van der Waals surface area contributed by atoms with Crippen molar-refractivity contribution in [3.8, 4) is 0 Å². The van der Waals surface area contributed by atoms with Crippen molar-refractivity contribution in [1.82, 2.24) is 9.80 Å². The van der Waals surface area contributed by atoms with Crippen LogP contribution in [0.15, 0.2) is 36.4 Å². The van der Waals surface area contributed by atoms with E-state index < -0.39 is 0 Å². The Kier molecular flexibility index (Phi) is 6.21. The number of fused-ring (bicyclic) bond motifs is 1. The third kappa shape index (κ3) is 4.28. The highest BCUT2D eigenvalue weighted by atomic mass is 35.5. The van der Waals surface area contributed by atoms with Gasteiger partial charge in [-0.2, -0.15) is 0 Å². The summed E-state index contributed by atoms with van der Waals surface area (Å²) < 4.78 is 0.924. The second-order valence-corrected chi connectivity index (χ2v) is 9.67. The number of carbonyl (C=O) groups excluding carboxylic acids is 1. The number of halogens is 2. The Bertz CT molecular complexity index is 1140. The van der Waals surface area contributed by atoms with Crippen LogP contribution in [0.5, 0.6) is 0 Å². The van der Waals surface area contributed by atoms with Crippen molar-refractivity contribution in [2.45, 2.75) is 13.8 Å². The highest BCUT2D eigenvalue weighted by Crippen LogP contribution is 2.37. The highest BCUT2D eigenvalue weighted by molar-refractivity contribution is 7.80. The van der Waals surface area contributed by atoms with Crippen LogP contribution in [0.1, 0.15) is 20.8 Å². The molecular formula is C22H21Cl2N3OS2. The first-order valence-corrected chi connectivity index (χ1v) is 11.6. The number of amides is 1. The van der Waals surface area contributed by atoms with Crippen LogP contribution in [-0.2, 0) is 0 Å². The summed E-state index contributed by atoms with van der Waals surface area (Å²) in [6, 6.07) is 11.8. The summed E-state index contributed by atoms with van der Waals surface area (Å²) in [5.41, 5.74) is 3.35. The second-order valence-electron chi connectivity index (χ2n) is 7.41. The molecule has 0 spiro atoms. The lowest BCUT2D eigenvalue weighted by Crippen LogP contribution is -2.51. The number of thiophene rings is 1. The SMILES string of the molecule is Cc1ccc(C)c(NC(=S)N2CCN(C(=O)c3sc4cc(Cl)ccc4c3Cl)CC2)c1. The number of anilines is 1. The van der Waals surface area contributed by atoms with Gasteiger partial charge in [0.15, 0.2) is 5.11 Å². The number of aryl methyl sites for hydroxylation is 2. The zero-order valence-electron chi connectivity index (χ0n) is 16.7. The fourth-order valence-electron chi connectivity index (χ4n) is 3.50. The van der Waals surface area contributed by atoms with Crippen LogP contribution < -0.4 is 5.32 Å². The molecule has 1 fully saturated rings. The number of piperazine rings is 1. The molecule has 0 atom stereocenters. The summed E-state index contributed by atoms with van der Waals surface area (Å²) in [6.07, 6.45) is 0. The van der Waals surface area contributed by atoms with Crippen LogP contribution in [0.4, 0.5) is 5.69 Å². The third-order valence-electron chi connectivity index (χ3n) is 5.27. The van der Waals surface area contributed by atoms with Crippen molar-refractivity contribution in [2.75, 3.05) is 31.5 Å². The number of nitrogens with zero attached hydrogens (tertiary/aromatic N) is 2. The fourth-order valence-corrected chi connectivity index (χ4v) is 5.55. The van der Waals surface area contributed by atoms with Crippen molar-refractivity contribution in [1.29, 1.82) is 0 Å². The van der Waals surface area contributed by atoms with E-state index in [4.69, 9.17) is 35.4 Å². The topological polar surface area (TPSA) is 35.6 Å². The smallest absolute Gasteiger partial charge is 0.265 e. The van der Waals surface area contributed by atoms with Gasteiger partial charge in [-0.15, -0.1) is 11.3 Å². The van der Waals surface area contributed by atoms with Gasteiger partial charge in [0, 0.05) is 47.0 Å². The Morgan fingerprint density at radius 1 is 1.03 bits per heavy atom. The molecule has 4 nitrogen and oxygen atoms in total. The number of rotatable bonds is 2. The quantitative estimate of drug-likeness (QED) is 0.460. The summed E-state index contributed by atoms with van der Waals surface area (Å²) >= 11 is 19.6. The first kappa shape index (κ1) is 21.4. The third-order valence-corrected chi connectivity index (χ3v) is 7.52. The minimum atomic E-state index is -0.0367. The zero-order valence-corrected chi connectivity index (χ0v) is 19.8. The molecule has 1 amide bonds. The molecule has 1 aromatic heterocycles. The number of nitrogens with one attached hydrogen (secondary N) is 1. The fraction of sp³-hybridized carbons (Fsp3) is 0.273. The zero-order chi connectivity index (χ0) is 21.4. The lowest BCUT2D eigenvalue weighted by Gasteiger charge is -2.36. The summed E-state index contributed by atoms with van der Waals surface area (Å²) in [6.45, 7) is 6.67. The Morgan fingerprint density at radius 3 is 2.47 bits per heavy atom. The van der Waals surface area contributed by atoms with Gasteiger partial charge in [-0.3, -0.25) is 4.79 Å². The van der Waals surface area contributed by atoms with E-state index in [1.807, 2.05) is 17.0 Å². The summed E-state index contributed by atoms with van der Waals surface area (Å²) in [7, 11) is 0. The van der Waals surface area contributed by atoms with E-state index in [2.05, 4.69) is 42.3 Å². The van der Waals surface area contributed by atoms with Gasteiger partial charge in [0.2, 0.25) is 0 Å². The lowest BCUT2D eigenvalue weighted by atomic mass is 10.1. The van der Waals surface area contributed by atoms with E-state index in [-0.39, 0.29) is 5.91 Å². The molecule has 8 heteroatoms.